The third-order valence-corrected chi connectivity index (χ3v) is 5.62. The molecule has 4 rings (SSSR count). The van der Waals surface area contributed by atoms with Gasteiger partial charge in [0.2, 0.25) is 0 Å². The maximum atomic E-state index is 12.6. The molecule has 27 heavy (non-hydrogen) atoms. The zero-order valence-electron chi connectivity index (χ0n) is 16.4. The molecule has 2 aromatic rings. The number of benzene rings is 1. The predicted octanol–water partition coefficient (Wildman–Crippen LogP) is 3.23. The van der Waals surface area contributed by atoms with Crippen molar-refractivity contribution in [2.45, 2.75) is 32.9 Å². The van der Waals surface area contributed by atoms with Crippen molar-refractivity contribution in [1.82, 2.24) is 19.6 Å². The van der Waals surface area contributed by atoms with Gasteiger partial charge < -0.3 is 10.2 Å². The van der Waals surface area contributed by atoms with Crippen LogP contribution in [0, 0.1) is 11.8 Å². The van der Waals surface area contributed by atoms with E-state index in [2.05, 4.69) is 66.4 Å². The Kier molecular flexibility index (Phi) is 4.68. The molecule has 2 aliphatic heterocycles. The lowest BCUT2D eigenvalue weighted by Crippen LogP contribution is -2.36. The minimum Gasteiger partial charge on any atom is -0.324 e. The molecule has 1 aromatic carbocycles. The fourth-order valence-corrected chi connectivity index (χ4v) is 4.18. The average Bonchev–Trinajstić information content (AvgIpc) is 3.29. The number of nitrogens with zero attached hydrogens (tertiary/aromatic N) is 4. The van der Waals surface area contributed by atoms with Crippen molar-refractivity contribution in [1.29, 1.82) is 0 Å². The molecule has 2 atom stereocenters. The van der Waals surface area contributed by atoms with Gasteiger partial charge in [0.25, 0.3) is 0 Å². The Bertz CT molecular complexity index is 780. The van der Waals surface area contributed by atoms with Crippen LogP contribution in [-0.2, 0) is 12.1 Å². The van der Waals surface area contributed by atoms with Crippen LogP contribution in [0.5, 0.6) is 0 Å². The molecule has 0 bridgehead atoms. The van der Waals surface area contributed by atoms with Crippen LogP contribution in [0.25, 0.3) is 0 Å². The predicted molar refractivity (Wildman–Crippen MR) is 107 cm³/mol. The Morgan fingerprint density at radius 2 is 1.78 bits per heavy atom. The van der Waals surface area contributed by atoms with E-state index < -0.39 is 0 Å². The van der Waals surface area contributed by atoms with E-state index in [1.165, 1.54) is 5.56 Å². The highest BCUT2D eigenvalue weighted by atomic mass is 16.2. The molecular weight excluding hydrogens is 338 g/mol. The van der Waals surface area contributed by atoms with Gasteiger partial charge in [-0.25, -0.2) is 4.79 Å². The zero-order chi connectivity index (χ0) is 19.0. The second-order valence-electron chi connectivity index (χ2n) is 8.88. The first-order valence-corrected chi connectivity index (χ1v) is 9.76. The van der Waals surface area contributed by atoms with Crippen molar-refractivity contribution in [2.75, 3.05) is 31.5 Å². The van der Waals surface area contributed by atoms with E-state index in [1.54, 1.807) is 6.20 Å². The van der Waals surface area contributed by atoms with E-state index in [-0.39, 0.29) is 11.6 Å². The summed E-state index contributed by atoms with van der Waals surface area (Å²) in [4.78, 5) is 17.1. The van der Waals surface area contributed by atoms with Crippen LogP contribution in [0.4, 0.5) is 10.5 Å². The number of aromatic nitrogens is 2. The molecule has 2 aliphatic rings. The van der Waals surface area contributed by atoms with Crippen molar-refractivity contribution < 1.29 is 4.79 Å². The zero-order valence-corrected chi connectivity index (χ0v) is 16.4. The third kappa shape index (κ3) is 4.00. The lowest BCUT2D eigenvalue weighted by atomic mass is 10.0. The van der Waals surface area contributed by atoms with Crippen LogP contribution in [0.15, 0.2) is 42.7 Å². The minimum atomic E-state index is -0.0874. The number of hydrogen-bond acceptors (Lipinski definition) is 3. The number of amides is 2. The molecule has 6 nitrogen and oxygen atoms in total. The van der Waals surface area contributed by atoms with Crippen LogP contribution in [0.2, 0.25) is 0 Å². The molecule has 0 radical (unpaired) electrons. The molecule has 3 heterocycles. The number of urea groups is 1. The Morgan fingerprint density at radius 3 is 2.37 bits per heavy atom. The van der Waals surface area contributed by atoms with E-state index in [9.17, 15) is 4.79 Å². The maximum Gasteiger partial charge on any atom is 0.321 e. The molecule has 0 saturated carbocycles. The fourth-order valence-electron chi connectivity index (χ4n) is 4.18. The van der Waals surface area contributed by atoms with Crippen molar-refractivity contribution in [2.24, 2.45) is 11.8 Å². The summed E-state index contributed by atoms with van der Waals surface area (Å²) in [6.45, 7) is 11.1. The van der Waals surface area contributed by atoms with Gasteiger partial charge in [0.15, 0.2) is 0 Å². The first kappa shape index (κ1) is 18.0. The number of hydrogen-bond donors (Lipinski definition) is 1. The third-order valence-electron chi connectivity index (χ3n) is 5.62. The molecule has 0 spiro atoms. The second kappa shape index (κ2) is 7.00. The first-order chi connectivity index (χ1) is 12.9. The Hall–Kier alpha value is -2.34. The van der Waals surface area contributed by atoms with Crippen LogP contribution in [-0.4, -0.2) is 51.8 Å². The standard InChI is InChI=1S/C21H29N5O/c1-21(2,3)26-15-19(9-22-26)23-20(27)25-13-17-11-24(12-18(17)14-25)10-16-7-5-4-6-8-16/h4-9,15,17-18H,10-14H2,1-3H3,(H,23,27)/t17-,18+. The molecular formula is C21H29N5O. The summed E-state index contributed by atoms with van der Waals surface area (Å²) in [6, 6.07) is 10.6. The van der Waals surface area contributed by atoms with Gasteiger partial charge >= 0.3 is 6.03 Å². The average molecular weight is 367 g/mol. The van der Waals surface area contributed by atoms with E-state index >= 15 is 0 Å². The highest BCUT2D eigenvalue weighted by molar-refractivity contribution is 5.89. The normalized spacial score (nSPS) is 22.9. The van der Waals surface area contributed by atoms with Gasteiger partial charge in [-0.2, -0.15) is 5.10 Å². The monoisotopic (exact) mass is 367 g/mol. The highest BCUT2D eigenvalue weighted by Crippen LogP contribution is 2.32. The Morgan fingerprint density at radius 1 is 1.11 bits per heavy atom. The molecule has 2 fully saturated rings. The van der Waals surface area contributed by atoms with E-state index in [1.807, 2.05) is 15.8 Å². The van der Waals surface area contributed by atoms with E-state index in [4.69, 9.17) is 0 Å². The fraction of sp³-hybridized carbons (Fsp3) is 0.524. The summed E-state index contributed by atoms with van der Waals surface area (Å²) in [5.41, 5.74) is 2.04. The van der Waals surface area contributed by atoms with Crippen molar-refractivity contribution in [3.8, 4) is 0 Å². The lowest BCUT2D eigenvalue weighted by molar-refractivity contribution is 0.212. The number of carbonyl (C=O) groups is 1. The number of nitrogens with one attached hydrogen (secondary N) is 1. The molecule has 0 aliphatic carbocycles. The van der Waals surface area contributed by atoms with Gasteiger partial charge in [-0.15, -0.1) is 0 Å². The molecule has 1 N–H and O–H groups in total. The van der Waals surface area contributed by atoms with Gasteiger partial charge in [0.1, 0.15) is 0 Å². The van der Waals surface area contributed by atoms with Gasteiger partial charge in [0, 0.05) is 38.9 Å². The number of fused-ring (bicyclic) bond motifs is 1. The Balaban J connectivity index is 1.29. The number of likely N-dealkylation sites (tertiary alicyclic amines) is 2. The SMILES string of the molecule is CC(C)(C)n1cc(NC(=O)N2C[C@H]3CN(Cc4ccccc4)C[C@H]3C2)cn1. The highest BCUT2D eigenvalue weighted by Gasteiger charge is 2.41. The maximum absolute atomic E-state index is 12.6. The van der Waals surface area contributed by atoms with Crippen LogP contribution in [0.1, 0.15) is 26.3 Å². The summed E-state index contributed by atoms with van der Waals surface area (Å²) in [5.74, 6) is 1.16. The minimum absolute atomic E-state index is 0.00697. The lowest BCUT2D eigenvalue weighted by Gasteiger charge is -2.22. The molecule has 144 valence electrons. The number of anilines is 1. The van der Waals surface area contributed by atoms with Gasteiger partial charge in [-0.1, -0.05) is 30.3 Å². The van der Waals surface area contributed by atoms with Gasteiger partial charge in [-0.3, -0.25) is 9.58 Å². The molecule has 2 amide bonds. The van der Waals surface area contributed by atoms with Crippen LogP contribution >= 0.6 is 0 Å². The van der Waals surface area contributed by atoms with E-state index in [0.717, 1.165) is 38.4 Å². The van der Waals surface area contributed by atoms with Crippen molar-refractivity contribution in [3.05, 3.63) is 48.3 Å². The summed E-state index contributed by atoms with van der Waals surface area (Å²) < 4.78 is 1.88. The smallest absolute Gasteiger partial charge is 0.321 e. The summed E-state index contributed by atoms with van der Waals surface area (Å²) in [6.07, 6.45) is 3.62. The van der Waals surface area contributed by atoms with Crippen LogP contribution < -0.4 is 5.32 Å². The largest absolute Gasteiger partial charge is 0.324 e. The molecule has 6 heteroatoms. The van der Waals surface area contributed by atoms with Crippen molar-refractivity contribution in [3.63, 3.8) is 0 Å². The summed E-state index contributed by atoms with van der Waals surface area (Å²) >= 11 is 0. The van der Waals surface area contributed by atoms with Crippen LogP contribution in [0.3, 0.4) is 0 Å². The van der Waals surface area contributed by atoms with Gasteiger partial charge in [-0.05, 0) is 38.2 Å². The summed E-state index contributed by atoms with van der Waals surface area (Å²) in [5, 5.41) is 7.36. The number of rotatable bonds is 3. The van der Waals surface area contributed by atoms with E-state index in [0.29, 0.717) is 11.8 Å². The van der Waals surface area contributed by atoms with Gasteiger partial charge in [0.05, 0.1) is 17.4 Å². The molecule has 2 saturated heterocycles. The summed E-state index contributed by atoms with van der Waals surface area (Å²) in [7, 11) is 0. The molecule has 0 unspecified atom stereocenters. The Labute approximate surface area is 161 Å². The quantitative estimate of drug-likeness (QED) is 0.906. The van der Waals surface area contributed by atoms with Crippen molar-refractivity contribution >= 4 is 11.7 Å². The molecule has 1 aromatic heterocycles. The topological polar surface area (TPSA) is 53.4 Å². The second-order valence-corrected chi connectivity index (χ2v) is 8.88. The number of carbonyl (C=O) groups excluding carboxylic acids is 1. The first-order valence-electron chi connectivity index (χ1n) is 9.76.